The number of halogens is 1. The highest BCUT2D eigenvalue weighted by Gasteiger charge is 2.16. The quantitative estimate of drug-likeness (QED) is 0.731. The molecule has 2 rings (SSSR count). The molecule has 0 radical (unpaired) electrons. The normalized spacial score (nSPS) is 10.8. The number of hydrogen-bond donors (Lipinski definition) is 2. The predicted octanol–water partition coefficient (Wildman–Crippen LogP) is 3.30. The average molecular weight is 417 g/mol. The van der Waals surface area contributed by atoms with Gasteiger partial charge in [-0.1, -0.05) is 0 Å². The number of amides is 2. The zero-order chi connectivity index (χ0) is 19.6. The molecular weight excluding hydrogens is 400 g/mol. The fraction of sp³-hybridized carbons (Fsp3) is 0.222. The molecule has 0 saturated heterocycles. The molecule has 26 heavy (non-hydrogen) atoms. The fourth-order valence-corrected chi connectivity index (χ4v) is 2.90. The lowest BCUT2D eigenvalue weighted by Crippen LogP contribution is -2.22. The number of aromatic nitrogens is 1. The van der Waals surface area contributed by atoms with E-state index in [9.17, 15) is 14.7 Å². The summed E-state index contributed by atoms with van der Waals surface area (Å²) in [6.07, 6.45) is 1.13. The second kappa shape index (κ2) is 7.54. The zero-order valence-electron chi connectivity index (χ0n) is 14.7. The molecule has 0 aliphatic carbocycles. The third-order valence-corrected chi connectivity index (χ3v) is 4.76. The lowest BCUT2D eigenvalue weighted by Gasteiger charge is -2.10. The van der Waals surface area contributed by atoms with Crippen LogP contribution in [0.4, 0.5) is 10.5 Å². The van der Waals surface area contributed by atoms with Crippen molar-refractivity contribution in [2.75, 3.05) is 5.32 Å². The molecule has 1 aromatic heterocycles. The van der Waals surface area contributed by atoms with Crippen molar-refractivity contribution in [3.05, 3.63) is 54.8 Å². The molecule has 7 nitrogen and oxygen atoms in total. The number of hydrogen-bond acceptors (Lipinski definition) is 4. The van der Waals surface area contributed by atoms with Gasteiger partial charge in [0.25, 0.3) is 5.56 Å². The fourth-order valence-electron chi connectivity index (χ4n) is 2.34. The molecule has 2 N–H and O–H groups in total. The number of benzene rings is 1. The molecule has 0 spiro atoms. The van der Waals surface area contributed by atoms with E-state index in [1.807, 2.05) is 26.0 Å². The summed E-state index contributed by atoms with van der Waals surface area (Å²) >= 11 is 3.38. The number of pyridine rings is 1. The first-order valence-electron chi connectivity index (χ1n) is 7.61. The Morgan fingerprint density at radius 1 is 1.35 bits per heavy atom. The number of rotatable bonds is 2. The number of nitrogens with zero attached hydrogens (tertiary/aromatic N) is 3. The summed E-state index contributed by atoms with van der Waals surface area (Å²) in [5.41, 5.74) is 2.34. The molecule has 0 atom stereocenters. The predicted molar refractivity (Wildman–Crippen MR) is 103 cm³/mol. The summed E-state index contributed by atoms with van der Waals surface area (Å²) in [5.74, 6) is -0.365. The maximum atomic E-state index is 12.1. The molecule has 1 aromatic carbocycles. The van der Waals surface area contributed by atoms with E-state index in [-0.39, 0.29) is 22.6 Å². The van der Waals surface area contributed by atoms with Gasteiger partial charge in [-0.15, -0.1) is 0 Å². The minimum absolute atomic E-state index is 0.107. The minimum atomic E-state index is -0.653. The molecular formula is C18H17BrN4O3. The second-order valence-electron chi connectivity index (χ2n) is 5.82. The second-order valence-corrected chi connectivity index (χ2v) is 6.67. The SMILES string of the molecule is Cc1cc(Br)c(NC(=O)/N=C/c2c(C)c(C#N)c(=O)n(C)c2O)cc1C. The van der Waals surface area contributed by atoms with Crippen molar-refractivity contribution < 1.29 is 9.90 Å². The van der Waals surface area contributed by atoms with E-state index in [0.29, 0.717) is 5.69 Å². The lowest BCUT2D eigenvalue weighted by molar-refractivity contribution is 0.259. The molecule has 0 aliphatic rings. The van der Waals surface area contributed by atoms with Crippen LogP contribution in [-0.2, 0) is 7.05 Å². The number of aryl methyl sites for hydroxylation is 2. The van der Waals surface area contributed by atoms with Crippen LogP contribution in [0.3, 0.4) is 0 Å². The van der Waals surface area contributed by atoms with Gasteiger partial charge in [0, 0.05) is 17.7 Å². The van der Waals surface area contributed by atoms with Gasteiger partial charge in [-0.3, -0.25) is 9.36 Å². The van der Waals surface area contributed by atoms with Gasteiger partial charge in [0.15, 0.2) is 0 Å². The average Bonchev–Trinajstić information content (AvgIpc) is 2.58. The van der Waals surface area contributed by atoms with Crippen molar-refractivity contribution in [3.63, 3.8) is 0 Å². The number of carbonyl (C=O) groups excluding carboxylic acids is 1. The zero-order valence-corrected chi connectivity index (χ0v) is 16.3. The summed E-state index contributed by atoms with van der Waals surface area (Å²) in [4.78, 5) is 27.8. The lowest BCUT2D eigenvalue weighted by atomic mass is 10.1. The van der Waals surface area contributed by atoms with Crippen LogP contribution in [0.15, 0.2) is 26.4 Å². The third kappa shape index (κ3) is 3.68. The number of carbonyl (C=O) groups is 1. The Morgan fingerprint density at radius 3 is 2.58 bits per heavy atom. The number of aromatic hydroxyl groups is 1. The van der Waals surface area contributed by atoms with E-state index in [1.54, 1.807) is 6.07 Å². The maximum absolute atomic E-state index is 12.1. The summed E-state index contributed by atoms with van der Waals surface area (Å²) in [5, 5.41) is 21.9. The molecule has 0 bridgehead atoms. The summed E-state index contributed by atoms with van der Waals surface area (Å²) in [6.45, 7) is 5.40. The maximum Gasteiger partial charge on any atom is 0.345 e. The Labute approximate surface area is 158 Å². The summed E-state index contributed by atoms with van der Waals surface area (Å²) in [6, 6.07) is 4.85. The van der Waals surface area contributed by atoms with Gasteiger partial charge >= 0.3 is 6.03 Å². The standard InChI is InChI=1S/C18H17BrN4O3/c1-9-5-14(19)15(6-10(9)2)22-18(26)21-8-13-11(3)12(7-20)16(24)23(4)17(13)25/h5-6,8,25H,1-4H3,(H,22,26)/b21-8+. The number of anilines is 1. The number of nitriles is 1. The van der Waals surface area contributed by atoms with Crippen LogP contribution in [0.2, 0.25) is 0 Å². The first-order valence-corrected chi connectivity index (χ1v) is 8.41. The van der Waals surface area contributed by atoms with Crippen molar-refractivity contribution in [1.82, 2.24) is 4.57 Å². The molecule has 0 saturated carbocycles. The highest BCUT2D eigenvalue weighted by molar-refractivity contribution is 9.10. The van der Waals surface area contributed by atoms with E-state index in [1.165, 1.54) is 14.0 Å². The summed E-state index contributed by atoms with van der Waals surface area (Å²) in [7, 11) is 1.33. The van der Waals surface area contributed by atoms with E-state index in [2.05, 4.69) is 26.2 Å². The highest BCUT2D eigenvalue weighted by Crippen LogP contribution is 2.26. The Balaban J connectivity index is 2.35. The van der Waals surface area contributed by atoms with Crippen LogP contribution >= 0.6 is 15.9 Å². The monoisotopic (exact) mass is 416 g/mol. The van der Waals surface area contributed by atoms with Crippen LogP contribution in [0, 0.1) is 32.1 Å². The largest absolute Gasteiger partial charge is 0.494 e. The van der Waals surface area contributed by atoms with Crippen molar-refractivity contribution in [2.24, 2.45) is 12.0 Å². The number of nitrogens with one attached hydrogen (secondary N) is 1. The molecule has 134 valence electrons. The van der Waals surface area contributed by atoms with E-state index >= 15 is 0 Å². The van der Waals surface area contributed by atoms with Gasteiger partial charge in [0.05, 0.1) is 11.3 Å². The van der Waals surface area contributed by atoms with Gasteiger partial charge in [-0.05, 0) is 65.5 Å². The molecule has 2 amide bonds. The van der Waals surface area contributed by atoms with Crippen LogP contribution < -0.4 is 10.9 Å². The van der Waals surface area contributed by atoms with Gasteiger partial charge in [0.1, 0.15) is 11.6 Å². The Hall–Kier alpha value is -2.92. The van der Waals surface area contributed by atoms with Crippen molar-refractivity contribution in [1.29, 1.82) is 5.26 Å². The first-order chi connectivity index (χ1) is 12.2. The van der Waals surface area contributed by atoms with E-state index in [4.69, 9.17) is 5.26 Å². The number of urea groups is 1. The van der Waals surface area contributed by atoms with Gasteiger partial charge < -0.3 is 10.4 Å². The Kier molecular flexibility index (Phi) is 5.63. The molecule has 2 aromatic rings. The van der Waals surface area contributed by atoms with Crippen LogP contribution in [0.1, 0.15) is 27.8 Å². The van der Waals surface area contributed by atoms with Crippen molar-refractivity contribution in [3.8, 4) is 11.9 Å². The topological polar surface area (TPSA) is 107 Å². The molecule has 0 unspecified atom stereocenters. The van der Waals surface area contributed by atoms with E-state index in [0.717, 1.165) is 26.4 Å². The molecule has 8 heteroatoms. The van der Waals surface area contributed by atoms with Crippen LogP contribution in [0.5, 0.6) is 5.88 Å². The summed E-state index contributed by atoms with van der Waals surface area (Å²) < 4.78 is 1.65. The van der Waals surface area contributed by atoms with Crippen LogP contribution in [-0.4, -0.2) is 21.9 Å². The van der Waals surface area contributed by atoms with E-state index < -0.39 is 11.6 Å². The van der Waals surface area contributed by atoms with Gasteiger partial charge in [-0.2, -0.15) is 5.26 Å². The van der Waals surface area contributed by atoms with Gasteiger partial charge in [0.2, 0.25) is 5.88 Å². The number of aliphatic imine (C=N–C) groups is 1. The third-order valence-electron chi connectivity index (χ3n) is 4.10. The Bertz CT molecular complexity index is 1030. The smallest absolute Gasteiger partial charge is 0.345 e. The van der Waals surface area contributed by atoms with Crippen LogP contribution in [0.25, 0.3) is 0 Å². The Morgan fingerprint density at radius 2 is 1.96 bits per heavy atom. The molecule has 0 fully saturated rings. The first kappa shape index (κ1) is 19.4. The highest BCUT2D eigenvalue weighted by atomic mass is 79.9. The molecule has 1 heterocycles. The van der Waals surface area contributed by atoms with Crippen molar-refractivity contribution in [2.45, 2.75) is 20.8 Å². The minimum Gasteiger partial charge on any atom is -0.494 e. The molecule has 0 aliphatic heterocycles. The van der Waals surface area contributed by atoms with Gasteiger partial charge in [-0.25, -0.2) is 9.79 Å². The van der Waals surface area contributed by atoms with Crippen molar-refractivity contribution >= 4 is 33.9 Å².